The average molecular weight is 480 g/mol. The summed E-state index contributed by atoms with van der Waals surface area (Å²) in [5, 5.41) is 0. The standard InChI is InChI=1S/C28H41N5O2/c34-28-31(22-9-3-1-4-10-22)21-24(15-16-30-17-19-35-20-18-30)32(23-11-5-2-6-12-23)27-29-25-13-7-8-14-26(25)33(27)28/h7-8,13-14,22-24H,1-6,9-12,15-21H2. The minimum atomic E-state index is 0.148. The van der Waals surface area contributed by atoms with Crippen molar-refractivity contribution >= 4 is 23.0 Å². The second-order valence-corrected chi connectivity index (χ2v) is 11.1. The molecule has 2 saturated carbocycles. The highest BCUT2D eigenvalue weighted by molar-refractivity contribution is 5.94. The molecule has 1 amide bonds. The summed E-state index contributed by atoms with van der Waals surface area (Å²) in [5.74, 6) is 0.897. The van der Waals surface area contributed by atoms with Crippen LogP contribution in [0.1, 0.15) is 70.6 Å². The molecule has 7 heteroatoms. The number of para-hydroxylation sites is 2. The Balaban J connectivity index is 1.41. The van der Waals surface area contributed by atoms with Crippen LogP contribution in [0.4, 0.5) is 10.7 Å². The predicted molar refractivity (Wildman–Crippen MR) is 139 cm³/mol. The molecule has 190 valence electrons. The maximum atomic E-state index is 14.3. The quantitative estimate of drug-likeness (QED) is 0.612. The van der Waals surface area contributed by atoms with Crippen LogP contribution in [0.3, 0.4) is 0 Å². The van der Waals surface area contributed by atoms with Gasteiger partial charge in [-0.05, 0) is 44.2 Å². The Bertz CT molecular complexity index is 1000. The molecule has 3 heterocycles. The topological polar surface area (TPSA) is 53.8 Å². The highest BCUT2D eigenvalue weighted by Gasteiger charge is 2.41. The molecule has 0 N–H and O–H groups in total. The summed E-state index contributed by atoms with van der Waals surface area (Å²) in [6, 6.07) is 9.49. The predicted octanol–water partition coefficient (Wildman–Crippen LogP) is 4.88. The number of anilines is 1. The van der Waals surface area contributed by atoms with Crippen molar-refractivity contribution < 1.29 is 9.53 Å². The van der Waals surface area contributed by atoms with Crippen molar-refractivity contribution in [1.29, 1.82) is 0 Å². The van der Waals surface area contributed by atoms with E-state index in [2.05, 4.69) is 26.8 Å². The van der Waals surface area contributed by atoms with Gasteiger partial charge in [-0.2, -0.15) is 0 Å². The molecule has 0 radical (unpaired) electrons. The molecule has 3 fully saturated rings. The Morgan fingerprint density at radius 3 is 2.31 bits per heavy atom. The molecule has 4 aliphatic rings. The Kier molecular flexibility index (Phi) is 6.97. The molecule has 1 aromatic carbocycles. The summed E-state index contributed by atoms with van der Waals surface area (Å²) in [7, 11) is 0. The van der Waals surface area contributed by atoms with Gasteiger partial charge in [0.05, 0.1) is 30.3 Å². The third-order valence-electron chi connectivity index (χ3n) is 8.88. The van der Waals surface area contributed by atoms with Gasteiger partial charge in [-0.1, -0.05) is 50.7 Å². The number of nitrogens with zero attached hydrogens (tertiary/aromatic N) is 5. The number of aromatic nitrogens is 2. The molecule has 7 nitrogen and oxygen atoms in total. The SMILES string of the molecule is O=C1N(C2CCCCC2)CC(CCN2CCOCC2)N(C2CCCCC2)c2nc3ccccc3n21. The van der Waals surface area contributed by atoms with Crippen molar-refractivity contribution in [2.24, 2.45) is 0 Å². The van der Waals surface area contributed by atoms with E-state index in [1.165, 1.54) is 51.4 Å². The van der Waals surface area contributed by atoms with Crippen LogP contribution in [0.5, 0.6) is 0 Å². The Labute approximate surface area is 209 Å². The van der Waals surface area contributed by atoms with Gasteiger partial charge in [0.15, 0.2) is 0 Å². The highest BCUT2D eigenvalue weighted by atomic mass is 16.5. The first-order valence-electron chi connectivity index (χ1n) is 14.2. The van der Waals surface area contributed by atoms with Crippen molar-refractivity contribution in [3.63, 3.8) is 0 Å². The largest absolute Gasteiger partial charge is 0.379 e. The molecule has 35 heavy (non-hydrogen) atoms. The number of hydrogen-bond donors (Lipinski definition) is 0. The Morgan fingerprint density at radius 2 is 1.57 bits per heavy atom. The van der Waals surface area contributed by atoms with Crippen LogP contribution in [0.25, 0.3) is 11.0 Å². The van der Waals surface area contributed by atoms with E-state index in [9.17, 15) is 4.79 Å². The lowest BCUT2D eigenvalue weighted by molar-refractivity contribution is 0.0358. The number of fused-ring (bicyclic) bond motifs is 3. The maximum absolute atomic E-state index is 14.3. The molecule has 0 spiro atoms. The first-order chi connectivity index (χ1) is 17.3. The normalized spacial score (nSPS) is 25.7. The molecule has 1 atom stereocenters. The number of ether oxygens (including phenoxy) is 1. The number of benzene rings is 1. The van der Waals surface area contributed by atoms with Crippen LogP contribution in [0, 0.1) is 0 Å². The fourth-order valence-corrected chi connectivity index (χ4v) is 6.97. The monoisotopic (exact) mass is 479 g/mol. The number of carbonyl (C=O) groups is 1. The first kappa shape index (κ1) is 23.3. The van der Waals surface area contributed by atoms with Crippen molar-refractivity contribution in [2.75, 3.05) is 44.3 Å². The fourth-order valence-electron chi connectivity index (χ4n) is 6.97. The molecular weight excluding hydrogens is 438 g/mol. The summed E-state index contributed by atoms with van der Waals surface area (Å²) in [6.07, 6.45) is 13.4. The number of imidazole rings is 1. The van der Waals surface area contributed by atoms with E-state index in [1.807, 2.05) is 16.7 Å². The molecule has 6 rings (SSSR count). The molecule has 1 aromatic heterocycles. The second-order valence-electron chi connectivity index (χ2n) is 11.1. The number of carbonyl (C=O) groups excluding carboxylic acids is 1. The van der Waals surface area contributed by atoms with Gasteiger partial charge in [-0.25, -0.2) is 14.3 Å². The summed E-state index contributed by atoms with van der Waals surface area (Å²) in [4.78, 5) is 26.8. The van der Waals surface area contributed by atoms with E-state index in [0.717, 1.165) is 75.6 Å². The summed E-state index contributed by atoms with van der Waals surface area (Å²) in [6.45, 7) is 5.57. The second kappa shape index (κ2) is 10.5. The molecule has 2 aliphatic heterocycles. The molecule has 1 saturated heterocycles. The first-order valence-corrected chi connectivity index (χ1v) is 14.2. The lowest BCUT2D eigenvalue weighted by Gasteiger charge is -2.42. The Morgan fingerprint density at radius 1 is 0.886 bits per heavy atom. The van der Waals surface area contributed by atoms with Gasteiger partial charge in [0.25, 0.3) is 0 Å². The van der Waals surface area contributed by atoms with E-state index >= 15 is 0 Å². The van der Waals surface area contributed by atoms with Crippen LogP contribution >= 0.6 is 0 Å². The zero-order chi connectivity index (χ0) is 23.6. The van der Waals surface area contributed by atoms with Gasteiger partial charge in [0, 0.05) is 38.3 Å². The van der Waals surface area contributed by atoms with Gasteiger partial charge in [-0.15, -0.1) is 0 Å². The zero-order valence-corrected chi connectivity index (χ0v) is 21.1. The lowest BCUT2D eigenvalue weighted by atomic mass is 9.92. The third kappa shape index (κ3) is 4.69. The van der Waals surface area contributed by atoms with Crippen molar-refractivity contribution in [3.05, 3.63) is 24.3 Å². The van der Waals surface area contributed by atoms with Gasteiger partial charge in [0.2, 0.25) is 5.95 Å². The third-order valence-corrected chi connectivity index (χ3v) is 8.88. The summed E-state index contributed by atoms with van der Waals surface area (Å²) < 4.78 is 7.58. The van der Waals surface area contributed by atoms with Crippen LogP contribution in [0.2, 0.25) is 0 Å². The zero-order valence-electron chi connectivity index (χ0n) is 21.1. The number of rotatable bonds is 5. The number of hydrogen-bond acceptors (Lipinski definition) is 5. The number of morpholine rings is 1. The van der Waals surface area contributed by atoms with Crippen LogP contribution in [-0.4, -0.2) is 82.9 Å². The summed E-state index contributed by atoms with van der Waals surface area (Å²) in [5.41, 5.74) is 1.90. The van der Waals surface area contributed by atoms with E-state index in [-0.39, 0.29) is 6.03 Å². The van der Waals surface area contributed by atoms with Crippen molar-refractivity contribution in [2.45, 2.75) is 88.8 Å². The Hall–Kier alpha value is -2.12. The lowest BCUT2D eigenvalue weighted by Crippen LogP contribution is -2.52. The van der Waals surface area contributed by atoms with Gasteiger partial charge >= 0.3 is 6.03 Å². The summed E-state index contributed by atoms with van der Waals surface area (Å²) >= 11 is 0. The van der Waals surface area contributed by atoms with Crippen LogP contribution in [-0.2, 0) is 4.74 Å². The van der Waals surface area contributed by atoms with E-state index in [4.69, 9.17) is 9.72 Å². The molecule has 2 aromatic rings. The molecule has 1 unspecified atom stereocenters. The minimum Gasteiger partial charge on any atom is -0.379 e. The van der Waals surface area contributed by atoms with Crippen LogP contribution in [0.15, 0.2) is 24.3 Å². The van der Waals surface area contributed by atoms with Crippen molar-refractivity contribution in [3.8, 4) is 0 Å². The molecule has 0 bridgehead atoms. The van der Waals surface area contributed by atoms with Crippen molar-refractivity contribution in [1.82, 2.24) is 19.4 Å². The molecular formula is C28H41N5O2. The van der Waals surface area contributed by atoms with E-state index in [0.29, 0.717) is 18.1 Å². The minimum absolute atomic E-state index is 0.148. The highest BCUT2D eigenvalue weighted by Crippen LogP contribution is 2.36. The van der Waals surface area contributed by atoms with Crippen LogP contribution < -0.4 is 4.90 Å². The van der Waals surface area contributed by atoms with E-state index in [1.54, 1.807) is 0 Å². The average Bonchev–Trinajstić information content (AvgIpc) is 3.25. The van der Waals surface area contributed by atoms with Gasteiger partial charge in [-0.3, -0.25) is 4.90 Å². The van der Waals surface area contributed by atoms with Gasteiger partial charge < -0.3 is 14.5 Å². The van der Waals surface area contributed by atoms with Gasteiger partial charge in [0.1, 0.15) is 0 Å². The molecule has 2 aliphatic carbocycles. The fraction of sp³-hybridized carbons (Fsp3) is 0.714. The van der Waals surface area contributed by atoms with E-state index < -0.39 is 0 Å². The smallest absolute Gasteiger partial charge is 0.331 e. The number of amides is 1. The maximum Gasteiger partial charge on any atom is 0.331 e.